The molecule has 0 amide bonds. The van der Waals surface area contributed by atoms with Gasteiger partial charge in [0.2, 0.25) is 0 Å². The summed E-state index contributed by atoms with van der Waals surface area (Å²) in [5.41, 5.74) is 0. The van der Waals surface area contributed by atoms with Crippen LogP contribution in [0.2, 0.25) is 0 Å². The van der Waals surface area contributed by atoms with Crippen molar-refractivity contribution < 1.29 is 160 Å². The molecule has 1 N–H and O–H groups in total. The average Bonchev–Trinajstić information content (AvgIpc) is 2.74. The van der Waals surface area contributed by atoms with Crippen LogP contribution < -0.4 is 0 Å². The van der Waals surface area contributed by atoms with E-state index in [1.54, 1.807) is 0 Å². The number of unbranched alkanes of at least 4 members (excludes halogenated alkanes) is 9. The molecule has 0 atom stereocenters. The molecule has 0 heterocycles. The van der Waals surface area contributed by atoms with Crippen molar-refractivity contribution in [2.24, 2.45) is 0 Å². The lowest BCUT2D eigenvalue weighted by Gasteiger charge is -2.09. The van der Waals surface area contributed by atoms with Crippen LogP contribution in [0.15, 0.2) is 0 Å². The Morgan fingerprint density at radius 3 is 0.381 bits per heavy atom. The molecule has 0 saturated carbocycles. The maximum absolute atomic E-state index is 10.3. The molecule has 0 aliphatic heterocycles. The third-order valence-corrected chi connectivity index (χ3v) is 13.8. The second kappa shape index (κ2) is 96.9. The van der Waals surface area contributed by atoms with E-state index in [1.807, 2.05) is 0 Å². The van der Waals surface area contributed by atoms with Crippen LogP contribution in [0.5, 0.6) is 0 Å². The molecule has 0 aliphatic rings. The van der Waals surface area contributed by atoms with Crippen molar-refractivity contribution in [1.82, 2.24) is 0 Å². The van der Waals surface area contributed by atoms with Gasteiger partial charge in [0.05, 0.1) is 377 Å². The van der Waals surface area contributed by atoms with Crippen molar-refractivity contribution in [2.75, 3.05) is 390 Å². The molecule has 0 fully saturated rings. The van der Waals surface area contributed by atoms with Gasteiger partial charge < -0.3 is 137 Å². The Morgan fingerprint density at radius 2 is 0.257 bits per heavy atom. The standard InChI is InChI=1S/C70H142O34S/c1-2-3-4-5-6-7-8-9-10-11-12-74-13-14-75-15-16-76-17-18-77-19-20-78-21-22-79-23-24-80-25-26-81-27-28-82-29-30-83-31-32-84-33-34-85-35-36-86-37-38-87-39-40-88-41-42-89-43-44-90-45-46-91-47-48-92-49-50-93-51-52-94-53-54-95-55-56-96-57-58-97-59-60-98-61-62-99-63-64-100-65-66-101-67-68-102-69-70-103-104-105(71,72)73/h2-70H2,1H3,(H,71,72,73). The predicted molar refractivity (Wildman–Crippen MR) is 384 cm³/mol. The van der Waals surface area contributed by atoms with Crippen LogP contribution in [0.1, 0.15) is 71.1 Å². The third-order valence-electron chi connectivity index (χ3n) is 13.5. The quantitative estimate of drug-likeness (QED) is 0.0387. The zero-order chi connectivity index (χ0) is 75.2. The second-order valence-corrected chi connectivity index (χ2v) is 23.3. The fourth-order valence-electron chi connectivity index (χ4n) is 8.14. The van der Waals surface area contributed by atoms with Crippen LogP contribution in [0.25, 0.3) is 0 Å². The highest BCUT2D eigenvalue weighted by Crippen LogP contribution is 2.10. The largest absolute Gasteiger partial charge is 0.424 e. The van der Waals surface area contributed by atoms with E-state index in [4.69, 9.17) is 142 Å². The van der Waals surface area contributed by atoms with Crippen LogP contribution in [0, 0.1) is 0 Å². The van der Waals surface area contributed by atoms with Crippen LogP contribution in [0.3, 0.4) is 0 Å². The van der Waals surface area contributed by atoms with E-state index >= 15 is 0 Å². The lowest BCUT2D eigenvalue weighted by Crippen LogP contribution is -2.16. The van der Waals surface area contributed by atoms with Crippen molar-refractivity contribution in [1.29, 1.82) is 0 Å². The fraction of sp³-hybridized carbons (Fsp3) is 1.00. The van der Waals surface area contributed by atoms with Crippen LogP contribution in [0.4, 0.5) is 0 Å². The van der Waals surface area contributed by atoms with Gasteiger partial charge in [0.15, 0.2) is 0 Å². The van der Waals surface area contributed by atoms with Gasteiger partial charge in [-0.25, -0.2) is 4.89 Å². The highest BCUT2D eigenvalue weighted by atomic mass is 32.3. The summed E-state index contributed by atoms with van der Waals surface area (Å²) in [6, 6.07) is 0. The van der Waals surface area contributed by atoms with E-state index in [1.165, 1.54) is 57.8 Å². The Hall–Kier alpha value is -1.33. The van der Waals surface area contributed by atoms with Crippen LogP contribution in [-0.2, 0) is 157 Å². The van der Waals surface area contributed by atoms with Gasteiger partial charge in [-0.15, -0.1) is 0 Å². The zero-order valence-electron chi connectivity index (χ0n) is 64.1. The monoisotopic (exact) mass is 1560 g/mol. The minimum Gasteiger partial charge on any atom is -0.379 e. The summed E-state index contributed by atoms with van der Waals surface area (Å²) in [4.78, 5) is 4.23. The first kappa shape index (κ1) is 104. The smallest absolute Gasteiger partial charge is 0.379 e. The molecule has 0 aliphatic carbocycles. The Kier molecular flexibility index (Phi) is 95.6. The Balaban J connectivity index is 3.10. The first-order chi connectivity index (χ1) is 52.1. The van der Waals surface area contributed by atoms with Gasteiger partial charge in [0, 0.05) is 6.61 Å². The molecule has 0 radical (unpaired) electrons. The van der Waals surface area contributed by atoms with Crippen LogP contribution in [-0.4, -0.2) is 403 Å². The first-order valence-electron chi connectivity index (χ1n) is 38.1. The van der Waals surface area contributed by atoms with Crippen molar-refractivity contribution in [2.45, 2.75) is 71.1 Å². The van der Waals surface area contributed by atoms with Gasteiger partial charge in [-0.2, -0.15) is 8.42 Å². The predicted octanol–water partition coefficient (Wildman–Crippen LogP) is 4.14. The molecule has 34 nitrogen and oxygen atoms in total. The molecule has 0 saturated heterocycles. The molecule has 35 heteroatoms. The summed E-state index contributed by atoms with van der Waals surface area (Å²) < 4.78 is 192. The molecule has 0 bridgehead atoms. The van der Waals surface area contributed by atoms with E-state index < -0.39 is 10.4 Å². The Bertz CT molecular complexity index is 1650. The summed E-state index contributed by atoms with van der Waals surface area (Å²) in [5, 5.41) is 0. The van der Waals surface area contributed by atoms with Gasteiger partial charge in [0.25, 0.3) is 0 Å². The van der Waals surface area contributed by atoms with E-state index in [0.717, 1.165) is 13.0 Å². The SMILES string of the molecule is CCCCCCCCCCCCOCCOCCOCCOCCOCCOCCOCCOCCOCCOCCOCCOCCOCCOCCOCCOCCOCCOCCOCCOCCOCCOCCOCCOCCOCCOCCOCCOCCOCCOOS(=O)(=O)O. The highest BCUT2D eigenvalue weighted by molar-refractivity contribution is 7.80. The zero-order valence-corrected chi connectivity index (χ0v) is 64.9. The number of hydrogen-bond donors (Lipinski definition) is 1. The summed E-state index contributed by atoms with van der Waals surface area (Å²) in [7, 11) is -4.62. The summed E-state index contributed by atoms with van der Waals surface area (Å²) >= 11 is 0. The maximum Gasteiger partial charge on any atom is 0.424 e. The summed E-state index contributed by atoms with van der Waals surface area (Å²) in [6.07, 6.45) is 13.3. The van der Waals surface area contributed by atoms with Gasteiger partial charge in [-0.05, 0) is 6.42 Å². The minimum atomic E-state index is -4.62. The topological polar surface area (TPSA) is 340 Å². The van der Waals surface area contributed by atoms with Crippen molar-refractivity contribution in [3.05, 3.63) is 0 Å². The molecule has 0 rings (SSSR count). The number of hydrogen-bond acceptors (Lipinski definition) is 33. The molecular weight excluding hydrogens is 1420 g/mol. The Morgan fingerprint density at radius 1 is 0.152 bits per heavy atom. The second-order valence-electron chi connectivity index (χ2n) is 22.3. The normalized spacial score (nSPS) is 12.0. The average molecular weight is 1560 g/mol. The van der Waals surface area contributed by atoms with Gasteiger partial charge in [-0.1, -0.05) is 69.0 Å². The maximum atomic E-state index is 10.3. The highest BCUT2D eigenvalue weighted by Gasteiger charge is 2.06. The van der Waals surface area contributed by atoms with E-state index in [2.05, 4.69) is 16.1 Å². The minimum absolute atomic E-state index is 0.0723. The molecule has 0 unspecified atom stereocenters. The van der Waals surface area contributed by atoms with E-state index in [9.17, 15) is 8.42 Å². The van der Waals surface area contributed by atoms with E-state index in [-0.39, 0.29) is 19.8 Å². The van der Waals surface area contributed by atoms with Gasteiger partial charge in [0.1, 0.15) is 6.61 Å². The first-order valence-corrected chi connectivity index (χ1v) is 39.5. The summed E-state index contributed by atoms with van der Waals surface area (Å²) in [6.45, 7) is 29.6. The molecule has 105 heavy (non-hydrogen) atoms. The van der Waals surface area contributed by atoms with Crippen molar-refractivity contribution in [3.8, 4) is 0 Å². The van der Waals surface area contributed by atoms with Gasteiger partial charge >= 0.3 is 10.4 Å². The summed E-state index contributed by atoms with van der Waals surface area (Å²) in [5.74, 6) is 0. The molecule has 632 valence electrons. The van der Waals surface area contributed by atoms with Crippen molar-refractivity contribution in [3.63, 3.8) is 0 Å². The van der Waals surface area contributed by atoms with Crippen molar-refractivity contribution >= 4 is 10.4 Å². The lowest BCUT2D eigenvalue weighted by molar-refractivity contribution is -0.216. The Labute approximate surface area is 628 Å². The van der Waals surface area contributed by atoms with E-state index in [0.29, 0.717) is 363 Å². The third kappa shape index (κ3) is 103. The molecule has 0 aromatic rings. The molecule has 0 spiro atoms. The fourth-order valence-corrected chi connectivity index (χ4v) is 8.33. The number of ether oxygens (including phenoxy) is 29. The lowest BCUT2D eigenvalue weighted by atomic mass is 10.1. The number of rotatable bonds is 100. The van der Waals surface area contributed by atoms with Crippen LogP contribution >= 0.6 is 0 Å². The molecule has 0 aromatic carbocycles. The van der Waals surface area contributed by atoms with Gasteiger partial charge in [-0.3, -0.25) is 4.55 Å². The molecular formula is C70H142O34S. The molecule has 0 aromatic heterocycles.